The third kappa shape index (κ3) is 2.76. The van der Waals surface area contributed by atoms with E-state index in [1.807, 2.05) is 49.1 Å². The number of hydrogen-bond donors (Lipinski definition) is 2. The van der Waals surface area contributed by atoms with E-state index in [2.05, 4.69) is 10.3 Å². The van der Waals surface area contributed by atoms with Crippen molar-refractivity contribution < 1.29 is 4.79 Å². The summed E-state index contributed by atoms with van der Waals surface area (Å²) in [4.78, 5) is 18.0. The molecule has 2 heterocycles. The fourth-order valence-corrected chi connectivity index (χ4v) is 3.33. The number of halogens is 1. The summed E-state index contributed by atoms with van der Waals surface area (Å²) in [6, 6.07) is 9.69. The number of piperazine rings is 1. The van der Waals surface area contributed by atoms with Crippen LogP contribution < -0.4 is 5.32 Å². The van der Waals surface area contributed by atoms with E-state index in [0.29, 0.717) is 23.8 Å². The van der Waals surface area contributed by atoms with Crippen molar-refractivity contribution >= 4 is 17.5 Å². The van der Waals surface area contributed by atoms with Crippen LogP contribution in [0.2, 0.25) is 5.02 Å². The van der Waals surface area contributed by atoms with E-state index in [0.717, 1.165) is 23.4 Å². The van der Waals surface area contributed by atoms with Gasteiger partial charge >= 0.3 is 0 Å². The van der Waals surface area contributed by atoms with Crippen LogP contribution in [0.15, 0.2) is 30.3 Å². The molecule has 1 amide bonds. The fourth-order valence-electron chi connectivity index (χ4n) is 3.07. The van der Waals surface area contributed by atoms with Gasteiger partial charge in [0.25, 0.3) is 5.91 Å². The quantitative estimate of drug-likeness (QED) is 0.894. The summed E-state index contributed by atoms with van der Waals surface area (Å²) in [6.45, 7) is 6.11. The summed E-state index contributed by atoms with van der Waals surface area (Å²) in [5, 5.41) is 4.06. The van der Waals surface area contributed by atoms with Gasteiger partial charge in [0, 0.05) is 30.4 Å². The average molecular weight is 318 g/mol. The van der Waals surface area contributed by atoms with Crippen LogP contribution in [0.3, 0.4) is 0 Å². The van der Waals surface area contributed by atoms with Crippen LogP contribution in [0.25, 0.3) is 0 Å². The molecule has 1 atom stereocenters. The van der Waals surface area contributed by atoms with Gasteiger partial charge in [-0.15, -0.1) is 0 Å². The molecule has 116 valence electrons. The number of nitrogens with one attached hydrogen (secondary N) is 2. The van der Waals surface area contributed by atoms with Gasteiger partial charge in [0.2, 0.25) is 0 Å². The first-order chi connectivity index (χ1) is 10.6. The molecule has 0 saturated carbocycles. The minimum Gasteiger partial charge on any atom is -0.354 e. The third-order valence-electron chi connectivity index (χ3n) is 4.13. The third-order valence-corrected chi connectivity index (χ3v) is 4.48. The summed E-state index contributed by atoms with van der Waals surface area (Å²) in [5.41, 5.74) is 3.66. The molecule has 1 aliphatic rings. The van der Waals surface area contributed by atoms with Crippen molar-refractivity contribution in [2.24, 2.45) is 0 Å². The Balaban J connectivity index is 1.95. The van der Waals surface area contributed by atoms with Gasteiger partial charge < -0.3 is 15.2 Å². The van der Waals surface area contributed by atoms with E-state index in [9.17, 15) is 4.79 Å². The van der Waals surface area contributed by atoms with Crippen molar-refractivity contribution in [1.82, 2.24) is 15.2 Å². The number of aromatic nitrogens is 1. The molecule has 1 aliphatic heterocycles. The Morgan fingerprint density at radius 3 is 2.77 bits per heavy atom. The number of amides is 1. The van der Waals surface area contributed by atoms with Gasteiger partial charge in [0.1, 0.15) is 5.69 Å². The summed E-state index contributed by atoms with van der Waals surface area (Å²) < 4.78 is 0. The highest BCUT2D eigenvalue weighted by atomic mass is 35.5. The molecule has 1 fully saturated rings. The molecule has 2 aromatic rings. The number of aryl methyl sites for hydroxylation is 2. The number of hydrogen-bond acceptors (Lipinski definition) is 2. The Morgan fingerprint density at radius 1 is 1.32 bits per heavy atom. The van der Waals surface area contributed by atoms with Crippen LogP contribution in [0.4, 0.5) is 0 Å². The van der Waals surface area contributed by atoms with Crippen molar-refractivity contribution in [3.8, 4) is 0 Å². The lowest BCUT2D eigenvalue weighted by molar-refractivity contribution is 0.0628. The molecule has 0 spiro atoms. The standard InChI is InChI=1S/C17H20ClN3O/c1-11-9-12(2)20-16(11)17(22)21-8-7-19-10-15(21)13-5-3-4-6-14(13)18/h3-6,9,15,19-20H,7-8,10H2,1-2H3. The second-order valence-electron chi connectivity index (χ2n) is 5.75. The Bertz CT molecular complexity index is 695. The van der Waals surface area contributed by atoms with E-state index in [1.54, 1.807) is 0 Å². The van der Waals surface area contributed by atoms with Gasteiger partial charge in [-0.25, -0.2) is 0 Å². The molecule has 0 bridgehead atoms. The molecule has 1 unspecified atom stereocenters. The minimum atomic E-state index is -0.0436. The molecule has 2 N–H and O–H groups in total. The maximum absolute atomic E-state index is 13.0. The summed E-state index contributed by atoms with van der Waals surface area (Å²) in [6.07, 6.45) is 0. The molecule has 3 rings (SSSR count). The lowest BCUT2D eigenvalue weighted by Gasteiger charge is -2.37. The van der Waals surface area contributed by atoms with Gasteiger partial charge in [0.05, 0.1) is 6.04 Å². The van der Waals surface area contributed by atoms with Crippen LogP contribution in [-0.4, -0.2) is 35.4 Å². The fraction of sp³-hybridized carbons (Fsp3) is 0.353. The zero-order valence-electron chi connectivity index (χ0n) is 12.8. The van der Waals surface area contributed by atoms with E-state index in [4.69, 9.17) is 11.6 Å². The number of rotatable bonds is 2. The van der Waals surface area contributed by atoms with Crippen LogP contribution in [0, 0.1) is 13.8 Å². The highest BCUT2D eigenvalue weighted by Crippen LogP contribution is 2.29. The number of carbonyl (C=O) groups excluding carboxylic acids is 1. The van der Waals surface area contributed by atoms with Crippen molar-refractivity contribution in [2.75, 3.05) is 19.6 Å². The van der Waals surface area contributed by atoms with Crippen LogP contribution in [0.1, 0.15) is 33.4 Å². The monoisotopic (exact) mass is 317 g/mol. The first-order valence-corrected chi connectivity index (χ1v) is 7.88. The van der Waals surface area contributed by atoms with Crippen LogP contribution in [-0.2, 0) is 0 Å². The predicted molar refractivity (Wildman–Crippen MR) is 88.4 cm³/mol. The lowest BCUT2D eigenvalue weighted by Crippen LogP contribution is -2.49. The number of H-pyrrole nitrogens is 1. The first-order valence-electron chi connectivity index (χ1n) is 7.50. The summed E-state index contributed by atoms with van der Waals surface area (Å²) in [7, 11) is 0. The molecule has 4 nitrogen and oxygen atoms in total. The average Bonchev–Trinajstić information content (AvgIpc) is 2.86. The van der Waals surface area contributed by atoms with E-state index in [1.165, 1.54) is 0 Å². The van der Waals surface area contributed by atoms with Crippen molar-refractivity contribution in [1.29, 1.82) is 0 Å². The Labute approximate surface area is 135 Å². The SMILES string of the molecule is Cc1cc(C)c(C(=O)N2CCNCC2c2ccccc2Cl)[nH]1. The zero-order chi connectivity index (χ0) is 15.7. The number of carbonyl (C=O) groups is 1. The van der Waals surface area contributed by atoms with Gasteiger partial charge in [0.15, 0.2) is 0 Å². The van der Waals surface area contributed by atoms with E-state index < -0.39 is 0 Å². The molecular formula is C17H20ClN3O. The first kappa shape index (κ1) is 15.1. The highest BCUT2D eigenvalue weighted by Gasteiger charge is 2.31. The highest BCUT2D eigenvalue weighted by molar-refractivity contribution is 6.31. The number of aromatic amines is 1. The second-order valence-corrected chi connectivity index (χ2v) is 6.16. The smallest absolute Gasteiger partial charge is 0.271 e. The molecule has 0 aliphatic carbocycles. The van der Waals surface area contributed by atoms with Crippen molar-refractivity contribution in [2.45, 2.75) is 19.9 Å². The van der Waals surface area contributed by atoms with Crippen LogP contribution in [0.5, 0.6) is 0 Å². The van der Waals surface area contributed by atoms with E-state index in [-0.39, 0.29) is 11.9 Å². The minimum absolute atomic E-state index is 0.0389. The molecule has 1 aromatic carbocycles. The molecule has 1 aromatic heterocycles. The Hall–Kier alpha value is -1.78. The summed E-state index contributed by atoms with van der Waals surface area (Å²) >= 11 is 6.34. The van der Waals surface area contributed by atoms with Crippen molar-refractivity contribution in [3.63, 3.8) is 0 Å². The summed E-state index contributed by atoms with van der Waals surface area (Å²) in [5.74, 6) is 0.0389. The van der Waals surface area contributed by atoms with Gasteiger partial charge in [-0.1, -0.05) is 29.8 Å². The molecule has 22 heavy (non-hydrogen) atoms. The Morgan fingerprint density at radius 2 is 2.09 bits per heavy atom. The Kier molecular flexibility index (Phi) is 4.23. The maximum atomic E-state index is 13.0. The molecule has 5 heteroatoms. The van der Waals surface area contributed by atoms with Gasteiger partial charge in [-0.05, 0) is 37.1 Å². The van der Waals surface area contributed by atoms with Gasteiger partial charge in [-0.2, -0.15) is 0 Å². The lowest BCUT2D eigenvalue weighted by atomic mass is 10.0. The van der Waals surface area contributed by atoms with Gasteiger partial charge in [-0.3, -0.25) is 4.79 Å². The molecular weight excluding hydrogens is 298 g/mol. The predicted octanol–water partition coefficient (Wildman–Crippen LogP) is 3.07. The number of benzene rings is 1. The zero-order valence-corrected chi connectivity index (χ0v) is 13.6. The van der Waals surface area contributed by atoms with E-state index >= 15 is 0 Å². The number of nitrogens with zero attached hydrogens (tertiary/aromatic N) is 1. The normalized spacial score (nSPS) is 18.5. The molecule has 0 radical (unpaired) electrons. The second kappa shape index (κ2) is 6.15. The topological polar surface area (TPSA) is 48.1 Å². The molecule has 1 saturated heterocycles. The largest absolute Gasteiger partial charge is 0.354 e. The maximum Gasteiger partial charge on any atom is 0.271 e. The van der Waals surface area contributed by atoms with Crippen molar-refractivity contribution in [3.05, 3.63) is 57.9 Å². The van der Waals surface area contributed by atoms with Crippen LogP contribution >= 0.6 is 11.6 Å².